The minimum absolute atomic E-state index is 0.0496. The molecule has 0 radical (unpaired) electrons. The summed E-state index contributed by atoms with van der Waals surface area (Å²) in [6.07, 6.45) is 3.81. The molecule has 4 nitrogen and oxygen atoms in total. The topological polar surface area (TPSA) is 53.1 Å². The highest BCUT2D eigenvalue weighted by atomic mass is 127. The van der Waals surface area contributed by atoms with Gasteiger partial charge in [0.1, 0.15) is 5.75 Å². The molecule has 0 saturated heterocycles. The maximum absolute atomic E-state index is 5.83. The van der Waals surface area contributed by atoms with Crippen LogP contribution in [0.4, 0.5) is 0 Å². The number of halogens is 1. The molecule has 2 rings (SSSR count). The molecule has 5 heteroatoms. The van der Waals surface area contributed by atoms with Crippen LogP contribution in [-0.4, -0.2) is 23.4 Å². The predicted molar refractivity (Wildman–Crippen MR) is 75.1 cm³/mol. The van der Waals surface area contributed by atoms with Gasteiger partial charge in [-0.3, -0.25) is 4.68 Å². The van der Waals surface area contributed by atoms with Crippen LogP contribution in [0.2, 0.25) is 0 Å². The molecule has 2 aromatic rings. The third kappa shape index (κ3) is 2.78. The van der Waals surface area contributed by atoms with Crippen LogP contribution in [0.25, 0.3) is 0 Å². The number of nitrogens with zero attached hydrogens (tertiary/aromatic N) is 2. The molecular formula is C12H14IN3O. The highest BCUT2D eigenvalue weighted by Crippen LogP contribution is 2.21. The molecule has 1 unspecified atom stereocenters. The number of aromatic nitrogens is 2. The lowest BCUT2D eigenvalue weighted by Gasteiger charge is -2.16. The van der Waals surface area contributed by atoms with E-state index in [1.165, 1.54) is 0 Å². The molecular weight excluding hydrogens is 329 g/mol. The average Bonchev–Trinajstić information content (AvgIpc) is 2.77. The Kier molecular flexibility index (Phi) is 4.01. The standard InChI is InChI=1S/C12H14IN3O/c1-17-11-4-2-3-9(5-11)12(6-14)16-8-10(13)7-15-16/h2-5,7-8,12H,6,14H2,1H3. The second kappa shape index (κ2) is 5.50. The Morgan fingerprint density at radius 2 is 2.35 bits per heavy atom. The van der Waals surface area contributed by atoms with E-state index in [9.17, 15) is 0 Å². The monoisotopic (exact) mass is 343 g/mol. The molecule has 0 aliphatic heterocycles. The van der Waals surface area contributed by atoms with Crippen LogP contribution < -0.4 is 10.5 Å². The Bertz CT molecular complexity index is 498. The number of ether oxygens (including phenoxy) is 1. The largest absolute Gasteiger partial charge is 0.497 e. The molecule has 0 fully saturated rings. The first-order chi connectivity index (χ1) is 8.24. The maximum atomic E-state index is 5.83. The van der Waals surface area contributed by atoms with E-state index in [-0.39, 0.29) is 6.04 Å². The van der Waals surface area contributed by atoms with Crippen LogP contribution in [0.5, 0.6) is 5.75 Å². The quantitative estimate of drug-likeness (QED) is 0.865. The normalized spacial score (nSPS) is 12.4. The zero-order valence-electron chi connectivity index (χ0n) is 9.51. The summed E-state index contributed by atoms with van der Waals surface area (Å²) in [5.41, 5.74) is 6.94. The highest BCUT2D eigenvalue weighted by molar-refractivity contribution is 14.1. The Morgan fingerprint density at radius 3 is 2.94 bits per heavy atom. The first-order valence-corrected chi connectivity index (χ1v) is 6.36. The van der Waals surface area contributed by atoms with E-state index in [1.54, 1.807) is 7.11 Å². The second-order valence-electron chi connectivity index (χ2n) is 3.67. The molecule has 1 atom stereocenters. The third-order valence-electron chi connectivity index (χ3n) is 2.59. The fourth-order valence-electron chi connectivity index (χ4n) is 1.73. The summed E-state index contributed by atoms with van der Waals surface area (Å²) in [5, 5.41) is 4.31. The van der Waals surface area contributed by atoms with Crippen molar-refractivity contribution in [3.63, 3.8) is 0 Å². The zero-order valence-corrected chi connectivity index (χ0v) is 11.7. The molecule has 1 aromatic carbocycles. The van der Waals surface area contributed by atoms with Crippen LogP contribution in [0.1, 0.15) is 11.6 Å². The molecule has 90 valence electrons. The third-order valence-corrected chi connectivity index (χ3v) is 3.15. The molecule has 1 heterocycles. The molecule has 0 aliphatic carbocycles. The van der Waals surface area contributed by atoms with Gasteiger partial charge in [-0.25, -0.2) is 0 Å². The average molecular weight is 343 g/mol. The van der Waals surface area contributed by atoms with Gasteiger partial charge >= 0.3 is 0 Å². The number of nitrogens with two attached hydrogens (primary N) is 1. The van der Waals surface area contributed by atoms with E-state index in [2.05, 4.69) is 27.7 Å². The molecule has 0 amide bonds. The number of benzene rings is 1. The van der Waals surface area contributed by atoms with E-state index < -0.39 is 0 Å². The summed E-state index contributed by atoms with van der Waals surface area (Å²) < 4.78 is 8.20. The summed E-state index contributed by atoms with van der Waals surface area (Å²) in [4.78, 5) is 0. The zero-order chi connectivity index (χ0) is 12.3. The van der Waals surface area contributed by atoms with Crippen LogP contribution in [0.3, 0.4) is 0 Å². The van der Waals surface area contributed by atoms with E-state index in [1.807, 2.05) is 41.3 Å². The van der Waals surface area contributed by atoms with Gasteiger partial charge in [0.2, 0.25) is 0 Å². The summed E-state index contributed by atoms with van der Waals surface area (Å²) in [7, 11) is 1.66. The van der Waals surface area contributed by atoms with Crippen LogP contribution >= 0.6 is 22.6 Å². The Labute approximate surface area is 114 Å². The lowest BCUT2D eigenvalue weighted by atomic mass is 10.1. The minimum Gasteiger partial charge on any atom is -0.497 e. The number of methoxy groups -OCH3 is 1. The summed E-state index contributed by atoms with van der Waals surface area (Å²) >= 11 is 2.23. The fourth-order valence-corrected chi connectivity index (χ4v) is 2.14. The van der Waals surface area contributed by atoms with Crippen molar-refractivity contribution in [3.8, 4) is 5.75 Å². The lowest BCUT2D eigenvalue weighted by Crippen LogP contribution is -2.20. The molecule has 1 aromatic heterocycles. The first kappa shape index (κ1) is 12.4. The van der Waals surface area contributed by atoms with Crippen molar-refractivity contribution in [2.45, 2.75) is 6.04 Å². The predicted octanol–water partition coefficient (Wildman–Crippen LogP) is 2.04. The van der Waals surface area contributed by atoms with E-state index in [0.717, 1.165) is 14.9 Å². The van der Waals surface area contributed by atoms with Crippen molar-refractivity contribution in [1.82, 2.24) is 9.78 Å². The fraction of sp³-hybridized carbons (Fsp3) is 0.250. The van der Waals surface area contributed by atoms with Gasteiger partial charge in [-0.15, -0.1) is 0 Å². The van der Waals surface area contributed by atoms with Gasteiger partial charge in [0, 0.05) is 12.7 Å². The molecule has 0 aliphatic rings. The number of rotatable bonds is 4. The van der Waals surface area contributed by atoms with Gasteiger partial charge in [-0.1, -0.05) is 12.1 Å². The summed E-state index contributed by atoms with van der Waals surface area (Å²) in [6.45, 7) is 0.505. The van der Waals surface area contributed by atoms with Crippen LogP contribution in [-0.2, 0) is 0 Å². The van der Waals surface area contributed by atoms with Crippen molar-refractivity contribution < 1.29 is 4.74 Å². The van der Waals surface area contributed by atoms with Gasteiger partial charge in [-0.05, 0) is 40.3 Å². The first-order valence-electron chi connectivity index (χ1n) is 5.28. The Balaban J connectivity index is 2.34. The molecule has 17 heavy (non-hydrogen) atoms. The number of hydrogen-bond acceptors (Lipinski definition) is 3. The van der Waals surface area contributed by atoms with Crippen LogP contribution in [0.15, 0.2) is 36.7 Å². The van der Waals surface area contributed by atoms with Gasteiger partial charge in [-0.2, -0.15) is 5.10 Å². The lowest BCUT2D eigenvalue weighted by molar-refractivity contribution is 0.412. The highest BCUT2D eigenvalue weighted by Gasteiger charge is 2.13. The van der Waals surface area contributed by atoms with E-state index >= 15 is 0 Å². The van der Waals surface area contributed by atoms with Gasteiger partial charge < -0.3 is 10.5 Å². The van der Waals surface area contributed by atoms with Gasteiger partial charge in [0.25, 0.3) is 0 Å². The van der Waals surface area contributed by atoms with E-state index in [4.69, 9.17) is 10.5 Å². The van der Waals surface area contributed by atoms with Crippen molar-refractivity contribution in [2.75, 3.05) is 13.7 Å². The summed E-state index contributed by atoms with van der Waals surface area (Å²) in [5.74, 6) is 0.836. The maximum Gasteiger partial charge on any atom is 0.119 e. The van der Waals surface area contributed by atoms with Crippen molar-refractivity contribution in [3.05, 3.63) is 45.8 Å². The Hall–Kier alpha value is -1.08. The number of hydrogen-bond donors (Lipinski definition) is 1. The molecule has 0 spiro atoms. The molecule has 0 bridgehead atoms. The second-order valence-corrected chi connectivity index (χ2v) is 4.91. The SMILES string of the molecule is COc1cccc(C(CN)n2cc(I)cn2)c1. The van der Waals surface area contributed by atoms with Gasteiger partial charge in [0.15, 0.2) is 0 Å². The van der Waals surface area contributed by atoms with Crippen molar-refractivity contribution in [2.24, 2.45) is 5.73 Å². The van der Waals surface area contributed by atoms with Crippen molar-refractivity contribution in [1.29, 1.82) is 0 Å². The smallest absolute Gasteiger partial charge is 0.119 e. The summed E-state index contributed by atoms with van der Waals surface area (Å²) in [6, 6.07) is 7.96. The van der Waals surface area contributed by atoms with Crippen LogP contribution in [0, 0.1) is 3.57 Å². The van der Waals surface area contributed by atoms with E-state index in [0.29, 0.717) is 6.54 Å². The molecule has 0 saturated carbocycles. The minimum atomic E-state index is 0.0496. The van der Waals surface area contributed by atoms with Gasteiger partial charge in [0.05, 0.1) is 22.9 Å². The Morgan fingerprint density at radius 1 is 1.53 bits per heavy atom. The molecule has 2 N–H and O–H groups in total. The van der Waals surface area contributed by atoms with Crippen molar-refractivity contribution >= 4 is 22.6 Å².